The fourth-order valence-electron chi connectivity index (χ4n) is 1.68. The van der Waals surface area contributed by atoms with Gasteiger partial charge in [-0.3, -0.25) is 0 Å². The van der Waals surface area contributed by atoms with E-state index in [9.17, 15) is 4.39 Å². The van der Waals surface area contributed by atoms with E-state index in [0.29, 0.717) is 5.75 Å². The molecule has 0 radical (unpaired) electrons. The molecule has 0 amide bonds. The maximum atomic E-state index is 12.8. The van der Waals surface area contributed by atoms with Gasteiger partial charge in [0.2, 0.25) is 0 Å². The molecule has 0 bridgehead atoms. The normalized spacial score (nSPS) is 14.2. The highest BCUT2D eigenvalue weighted by molar-refractivity contribution is 7.10. The van der Waals surface area contributed by atoms with Crippen LogP contribution in [0.15, 0.2) is 41.8 Å². The van der Waals surface area contributed by atoms with Crippen LogP contribution >= 0.6 is 11.3 Å². The molecule has 2 rings (SSSR count). The largest absolute Gasteiger partial charge is 0.483 e. The maximum Gasteiger partial charge on any atom is 0.148 e. The van der Waals surface area contributed by atoms with Crippen LogP contribution in [-0.2, 0) is 0 Å². The van der Waals surface area contributed by atoms with Gasteiger partial charge >= 0.3 is 0 Å². The van der Waals surface area contributed by atoms with E-state index < -0.39 is 0 Å². The Morgan fingerprint density at radius 3 is 2.56 bits per heavy atom. The van der Waals surface area contributed by atoms with Crippen molar-refractivity contribution in [2.45, 2.75) is 25.5 Å². The molecule has 18 heavy (non-hydrogen) atoms. The lowest BCUT2D eigenvalue weighted by molar-refractivity contribution is 0.174. The van der Waals surface area contributed by atoms with Crippen molar-refractivity contribution < 1.29 is 9.13 Å². The molecule has 0 saturated carbocycles. The van der Waals surface area contributed by atoms with E-state index in [0.717, 1.165) is 11.3 Å². The van der Waals surface area contributed by atoms with Crippen molar-refractivity contribution in [3.63, 3.8) is 0 Å². The Hall–Kier alpha value is -1.39. The molecule has 1 aromatic carbocycles. The molecule has 1 heterocycles. The monoisotopic (exact) mass is 265 g/mol. The van der Waals surface area contributed by atoms with Gasteiger partial charge in [0.05, 0.1) is 0 Å². The summed E-state index contributed by atoms with van der Waals surface area (Å²) in [6.45, 7) is 2.03. The minimum Gasteiger partial charge on any atom is -0.483 e. The SMILES string of the molecule is CCC(N)C(Oc1ccc(F)cc1)c1cccs1. The van der Waals surface area contributed by atoms with Gasteiger partial charge in [-0.2, -0.15) is 0 Å². The van der Waals surface area contributed by atoms with Crippen molar-refractivity contribution >= 4 is 11.3 Å². The lowest BCUT2D eigenvalue weighted by atomic mass is 10.1. The van der Waals surface area contributed by atoms with Crippen LogP contribution in [0.2, 0.25) is 0 Å². The van der Waals surface area contributed by atoms with E-state index in [2.05, 4.69) is 0 Å². The molecular weight excluding hydrogens is 249 g/mol. The van der Waals surface area contributed by atoms with Gasteiger partial charge in [0.15, 0.2) is 0 Å². The zero-order chi connectivity index (χ0) is 13.0. The van der Waals surface area contributed by atoms with Crippen LogP contribution in [0.5, 0.6) is 5.75 Å². The van der Waals surface area contributed by atoms with Gasteiger partial charge in [0, 0.05) is 10.9 Å². The fraction of sp³-hybridized carbons (Fsp3) is 0.286. The summed E-state index contributed by atoms with van der Waals surface area (Å²) >= 11 is 1.62. The third-order valence-electron chi connectivity index (χ3n) is 2.76. The standard InChI is InChI=1S/C14H16FNOS/c1-2-12(16)14(13-4-3-9-18-13)17-11-7-5-10(15)6-8-11/h3-9,12,14H,2,16H2,1H3. The number of rotatable bonds is 5. The third kappa shape index (κ3) is 3.09. The number of thiophene rings is 1. The summed E-state index contributed by atoms with van der Waals surface area (Å²) in [5.41, 5.74) is 6.09. The van der Waals surface area contributed by atoms with Crippen LogP contribution < -0.4 is 10.5 Å². The summed E-state index contributed by atoms with van der Waals surface area (Å²) in [5, 5.41) is 2.00. The predicted molar refractivity (Wildman–Crippen MR) is 72.4 cm³/mol. The summed E-state index contributed by atoms with van der Waals surface area (Å²) in [7, 11) is 0. The van der Waals surface area contributed by atoms with Crippen molar-refractivity contribution in [2.24, 2.45) is 5.73 Å². The molecule has 0 saturated heterocycles. The second kappa shape index (κ2) is 5.98. The molecule has 0 aliphatic heterocycles. The zero-order valence-electron chi connectivity index (χ0n) is 10.2. The van der Waals surface area contributed by atoms with Gasteiger partial charge in [0.25, 0.3) is 0 Å². The second-order valence-electron chi connectivity index (χ2n) is 4.08. The first-order valence-electron chi connectivity index (χ1n) is 5.92. The highest BCUT2D eigenvalue weighted by Gasteiger charge is 2.21. The molecule has 2 N–H and O–H groups in total. The average molecular weight is 265 g/mol. The van der Waals surface area contributed by atoms with E-state index in [1.54, 1.807) is 23.5 Å². The summed E-state index contributed by atoms with van der Waals surface area (Å²) in [6.07, 6.45) is 0.643. The molecule has 2 atom stereocenters. The minimum atomic E-state index is -0.269. The number of nitrogens with two attached hydrogens (primary N) is 1. The Bertz CT molecular complexity index is 469. The van der Waals surface area contributed by atoms with E-state index >= 15 is 0 Å². The summed E-state index contributed by atoms with van der Waals surface area (Å²) in [4.78, 5) is 1.09. The van der Waals surface area contributed by atoms with E-state index in [1.807, 2.05) is 24.4 Å². The quantitative estimate of drug-likeness (QED) is 0.893. The fourth-order valence-corrected chi connectivity index (χ4v) is 2.51. The first-order valence-corrected chi connectivity index (χ1v) is 6.80. The predicted octanol–water partition coefficient (Wildman–Crippen LogP) is 3.74. The van der Waals surface area contributed by atoms with Crippen LogP contribution in [0.3, 0.4) is 0 Å². The minimum absolute atomic E-state index is 0.0753. The van der Waals surface area contributed by atoms with Crippen molar-refractivity contribution in [3.8, 4) is 5.75 Å². The van der Waals surface area contributed by atoms with Crippen LogP contribution in [0.4, 0.5) is 4.39 Å². The zero-order valence-corrected chi connectivity index (χ0v) is 11.0. The molecular formula is C14H16FNOS. The van der Waals surface area contributed by atoms with Gasteiger partial charge in [-0.25, -0.2) is 4.39 Å². The molecule has 4 heteroatoms. The molecule has 2 aromatic rings. The van der Waals surface area contributed by atoms with E-state index in [-0.39, 0.29) is 18.0 Å². The smallest absolute Gasteiger partial charge is 0.148 e. The van der Waals surface area contributed by atoms with Gasteiger partial charge in [-0.1, -0.05) is 13.0 Å². The Morgan fingerprint density at radius 1 is 1.28 bits per heavy atom. The molecule has 2 nitrogen and oxygen atoms in total. The van der Waals surface area contributed by atoms with Crippen LogP contribution in [0.1, 0.15) is 24.3 Å². The number of ether oxygens (including phenoxy) is 1. The van der Waals surface area contributed by atoms with Crippen molar-refractivity contribution in [1.82, 2.24) is 0 Å². The first kappa shape index (κ1) is 13.1. The summed E-state index contributed by atoms with van der Waals surface area (Å²) in [5.74, 6) is 0.369. The lowest BCUT2D eigenvalue weighted by Gasteiger charge is -2.23. The maximum absolute atomic E-state index is 12.8. The number of hydrogen-bond donors (Lipinski definition) is 1. The number of halogens is 1. The van der Waals surface area contributed by atoms with Crippen molar-refractivity contribution in [1.29, 1.82) is 0 Å². The highest BCUT2D eigenvalue weighted by atomic mass is 32.1. The molecule has 0 aliphatic carbocycles. The van der Waals surface area contributed by atoms with E-state index in [1.165, 1.54) is 12.1 Å². The number of benzene rings is 1. The topological polar surface area (TPSA) is 35.2 Å². The van der Waals surface area contributed by atoms with Gasteiger partial charge in [-0.05, 0) is 42.1 Å². The number of hydrogen-bond acceptors (Lipinski definition) is 3. The second-order valence-corrected chi connectivity index (χ2v) is 5.06. The molecule has 96 valence electrons. The van der Waals surface area contributed by atoms with Crippen LogP contribution in [0, 0.1) is 5.82 Å². The van der Waals surface area contributed by atoms with Gasteiger partial charge in [-0.15, -0.1) is 11.3 Å². The van der Waals surface area contributed by atoms with Crippen molar-refractivity contribution in [3.05, 3.63) is 52.5 Å². The molecule has 0 aliphatic rings. The Labute approximate surface area is 110 Å². The first-order chi connectivity index (χ1) is 8.70. The summed E-state index contributed by atoms with van der Waals surface area (Å²) < 4.78 is 18.7. The average Bonchev–Trinajstić information content (AvgIpc) is 2.91. The van der Waals surface area contributed by atoms with Gasteiger partial charge in [0.1, 0.15) is 17.7 Å². The Morgan fingerprint density at radius 2 is 2.00 bits per heavy atom. The third-order valence-corrected chi connectivity index (χ3v) is 3.69. The van der Waals surface area contributed by atoms with Crippen molar-refractivity contribution in [2.75, 3.05) is 0 Å². The molecule has 0 fully saturated rings. The van der Waals surface area contributed by atoms with Crippen LogP contribution in [-0.4, -0.2) is 6.04 Å². The Kier molecular flexibility index (Phi) is 4.33. The van der Waals surface area contributed by atoms with Gasteiger partial charge < -0.3 is 10.5 Å². The summed E-state index contributed by atoms with van der Waals surface area (Å²) in [6, 6.07) is 9.93. The van der Waals surface area contributed by atoms with E-state index in [4.69, 9.17) is 10.5 Å². The van der Waals surface area contributed by atoms with Crippen LogP contribution in [0.25, 0.3) is 0 Å². The lowest BCUT2D eigenvalue weighted by Crippen LogP contribution is -2.30. The molecule has 2 unspecified atom stereocenters. The highest BCUT2D eigenvalue weighted by Crippen LogP contribution is 2.28. The molecule has 1 aromatic heterocycles. The molecule has 0 spiro atoms. The Balaban J connectivity index is 2.17.